The fraction of sp³-hybridized carbons (Fsp3) is 0.571. The van der Waals surface area contributed by atoms with Crippen LogP contribution in [-0.2, 0) is 36.8 Å². The summed E-state index contributed by atoms with van der Waals surface area (Å²) in [6.45, 7) is 39.3. The fourth-order valence-corrected chi connectivity index (χ4v) is 7.22. The zero-order valence-electron chi connectivity index (χ0n) is 33.7. The van der Waals surface area contributed by atoms with Crippen LogP contribution < -0.4 is 13.6 Å². The Morgan fingerprint density at radius 3 is 0.898 bits per heavy atom. The molecular formula is C42H64O5P2. The maximum atomic E-state index is 11.5. The van der Waals surface area contributed by atoms with Gasteiger partial charge < -0.3 is 18.5 Å². The van der Waals surface area contributed by atoms with Gasteiger partial charge in [-0.1, -0.05) is 161 Å². The molecule has 1 atom stereocenters. The number of hydrogen-bond acceptors (Lipinski definition) is 5. The third-order valence-corrected chi connectivity index (χ3v) is 10.8. The number of benzene rings is 3. The number of rotatable bonds is 8. The maximum Gasteiger partial charge on any atom is 0.471 e. The first-order chi connectivity index (χ1) is 22.0. The van der Waals surface area contributed by atoms with Crippen molar-refractivity contribution in [2.24, 2.45) is 0 Å². The molecule has 3 aromatic carbocycles. The molecule has 0 aliphatic rings. The van der Waals surface area contributed by atoms with Crippen molar-refractivity contribution in [3.63, 3.8) is 0 Å². The molecule has 0 amide bonds. The topological polar surface area (TPSA) is 57.2 Å². The van der Waals surface area contributed by atoms with Gasteiger partial charge in [-0.15, -0.1) is 0 Å². The average molecular weight is 711 g/mol. The van der Waals surface area contributed by atoms with E-state index in [-0.39, 0.29) is 32.5 Å². The molecule has 0 saturated heterocycles. The molecule has 0 spiro atoms. The van der Waals surface area contributed by atoms with Gasteiger partial charge in [0.1, 0.15) is 17.2 Å². The molecule has 0 saturated carbocycles. The predicted octanol–water partition coefficient (Wildman–Crippen LogP) is 13.5. The monoisotopic (exact) mass is 710 g/mol. The van der Waals surface area contributed by atoms with Crippen molar-refractivity contribution in [2.45, 2.75) is 157 Å². The normalized spacial score (nSPS) is 14.2. The second kappa shape index (κ2) is 14.5. The lowest BCUT2D eigenvalue weighted by molar-refractivity contribution is 0.331. The predicted molar refractivity (Wildman–Crippen MR) is 211 cm³/mol. The van der Waals surface area contributed by atoms with E-state index in [4.69, 9.17) is 17.9 Å². The molecule has 0 heterocycles. The summed E-state index contributed by atoms with van der Waals surface area (Å²) >= 11 is 0. The highest BCUT2D eigenvalue weighted by Gasteiger charge is 2.33. The molecular weight excluding hydrogens is 646 g/mol. The maximum absolute atomic E-state index is 11.5. The van der Waals surface area contributed by atoms with Crippen LogP contribution in [0.2, 0.25) is 0 Å². The van der Waals surface area contributed by atoms with Crippen LogP contribution in [0.5, 0.6) is 17.2 Å². The molecule has 5 nitrogen and oxygen atoms in total. The zero-order valence-corrected chi connectivity index (χ0v) is 35.5. The van der Waals surface area contributed by atoms with E-state index in [1.807, 2.05) is 18.2 Å². The molecule has 0 aliphatic heterocycles. The van der Waals surface area contributed by atoms with E-state index in [0.717, 1.165) is 16.7 Å². The summed E-state index contributed by atoms with van der Waals surface area (Å²) in [5.41, 5.74) is 5.92. The Morgan fingerprint density at radius 1 is 0.388 bits per heavy atom. The lowest BCUT2D eigenvalue weighted by atomic mass is 9.80. The van der Waals surface area contributed by atoms with Crippen molar-refractivity contribution in [1.82, 2.24) is 0 Å². The molecule has 3 aromatic rings. The van der Waals surface area contributed by atoms with Crippen LogP contribution in [0.4, 0.5) is 0 Å². The van der Waals surface area contributed by atoms with Crippen LogP contribution in [-0.4, -0.2) is 4.89 Å². The quantitative estimate of drug-likeness (QED) is 0.236. The van der Waals surface area contributed by atoms with Crippen LogP contribution in [0, 0.1) is 0 Å². The highest BCUT2D eigenvalue weighted by Crippen LogP contribution is 2.56. The van der Waals surface area contributed by atoms with Crippen LogP contribution in [0.25, 0.3) is 0 Å². The van der Waals surface area contributed by atoms with E-state index >= 15 is 0 Å². The van der Waals surface area contributed by atoms with Gasteiger partial charge >= 0.3 is 17.2 Å². The largest absolute Gasteiger partial charge is 0.471 e. The Kier molecular flexibility index (Phi) is 12.2. The minimum atomic E-state index is -2.44. The van der Waals surface area contributed by atoms with Crippen LogP contribution in [0.3, 0.4) is 0 Å². The van der Waals surface area contributed by atoms with E-state index in [2.05, 4.69) is 161 Å². The third-order valence-electron chi connectivity index (χ3n) is 8.62. The minimum Gasteiger partial charge on any atom is -0.426 e. The smallest absolute Gasteiger partial charge is 0.426 e. The van der Waals surface area contributed by atoms with E-state index < -0.39 is 17.2 Å². The fourth-order valence-electron chi connectivity index (χ4n) is 5.36. The summed E-state index contributed by atoms with van der Waals surface area (Å²) in [4.78, 5) is 11.5. The molecule has 49 heavy (non-hydrogen) atoms. The van der Waals surface area contributed by atoms with Crippen LogP contribution >= 0.6 is 17.2 Å². The summed E-state index contributed by atoms with van der Waals surface area (Å²) in [5.74, 6) is 1.89. The van der Waals surface area contributed by atoms with Crippen molar-refractivity contribution in [2.75, 3.05) is 0 Å². The Balaban J connectivity index is 2.11. The lowest BCUT2D eigenvalue weighted by Gasteiger charge is -2.30. The van der Waals surface area contributed by atoms with Gasteiger partial charge in [-0.3, -0.25) is 0 Å². The van der Waals surface area contributed by atoms with E-state index in [1.54, 1.807) is 0 Å². The van der Waals surface area contributed by atoms with E-state index in [0.29, 0.717) is 17.2 Å². The van der Waals surface area contributed by atoms with Crippen molar-refractivity contribution in [1.29, 1.82) is 0 Å². The first-order valence-corrected chi connectivity index (χ1v) is 19.7. The molecule has 0 bridgehead atoms. The molecule has 0 radical (unpaired) electrons. The van der Waals surface area contributed by atoms with Crippen LogP contribution in [0.15, 0.2) is 54.6 Å². The van der Waals surface area contributed by atoms with Crippen molar-refractivity contribution >= 4 is 17.2 Å². The summed E-state index contributed by atoms with van der Waals surface area (Å²) < 4.78 is 25.8. The Bertz CT molecular complexity index is 1510. The molecule has 1 unspecified atom stereocenters. The van der Waals surface area contributed by atoms with Gasteiger partial charge in [0.15, 0.2) is 0 Å². The first-order valence-electron chi connectivity index (χ1n) is 17.4. The molecule has 0 aliphatic carbocycles. The third kappa shape index (κ3) is 11.2. The lowest BCUT2D eigenvalue weighted by Crippen LogP contribution is -2.18. The van der Waals surface area contributed by atoms with Crippen molar-refractivity contribution in [3.8, 4) is 17.2 Å². The Labute approximate surface area is 301 Å². The molecule has 0 fully saturated rings. The first kappa shape index (κ1) is 41.3. The minimum absolute atomic E-state index is 0.0322. The summed E-state index contributed by atoms with van der Waals surface area (Å²) in [5, 5.41) is 0. The summed E-state index contributed by atoms with van der Waals surface area (Å²) in [7, 11) is -4.60. The molecule has 1 N–H and O–H groups in total. The average Bonchev–Trinajstić information content (AvgIpc) is 2.90. The summed E-state index contributed by atoms with van der Waals surface area (Å²) in [6, 6.07) is 18.8. The Morgan fingerprint density at radius 2 is 0.653 bits per heavy atom. The van der Waals surface area contributed by atoms with Crippen molar-refractivity contribution in [3.05, 3.63) is 88.0 Å². The van der Waals surface area contributed by atoms with Gasteiger partial charge in [-0.25, -0.2) is 4.31 Å². The highest BCUT2D eigenvalue weighted by molar-refractivity contribution is 7.55. The van der Waals surface area contributed by atoms with Gasteiger partial charge in [-0.05, 0) is 67.4 Å². The van der Waals surface area contributed by atoms with Gasteiger partial charge in [0.05, 0.1) is 0 Å². The van der Waals surface area contributed by atoms with Gasteiger partial charge in [0.2, 0.25) is 0 Å². The molecule has 272 valence electrons. The summed E-state index contributed by atoms with van der Waals surface area (Å²) in [6.07, 6.45) is 0. The van der Waals surface area contributed by atoms with Gasteiger partial charge in [-0.2, -0.15) is 0 Å². The van der Waals surface area contributed by atoms with Crippen LogP contribution in [0.1, 0.15) is 158 Å². The standard InChI is InChI=1S/C42H64O5P2/c1-37(2,3)28-19-22-34(31(25-28)40(10,11)12)44-48(43)47-49(45-35-23-20-29(38(4,5)6)26-32(35)41(13,14)15)46-36-24-21-30(39(7,8)9)27-33(36)42(16,17)18/h19-27,43H,1-18H3. The second-order valence-corrected chi connectivity index (χ2v) is 21.6. The van der Waals surface area contributed by atoms with Gasteiger partial charge in [0, 0.05) is 16.7 Å². The van der Waals surface area contributed by atoms with E-state index in [1.165, 1.54) is 16.7 Å². The zero-order chi connectivity index (χ0) is 37.5. The SMILES string of the molecule is CC(C)(C)c1ccc(OP(O)OP(Oc2ccc(C(C)(C)C)cc2C(C)(C)C)Oc2ccc(C(C)(C)C)cc2C(C)(C)C)c(C(C)(C)C)c1. The number of hydrogen-bond donors (Lipinski definition) is 1. The van der Waals surface area contributed by atoms with Crippen molar-refractivity contribution < 1.29 is 22.8 Å². The van der Waals surface area contributed by atoms with Gasteiger partial charge in [0.25, 0.3) is 0 Å². The second-order valence-electron chi connectivity index (χ2n) is 19.4. The molecule has 7 heteroatoms. The molecule has 3 rings (SSSR count). The molecule has 0 aromatic heterocycles. The highest BCUT2D eigenvalue weighted by atomic mass is 31.2. The Hall–Kier alpha value is -2.16. The van der Waals surface area contributed by atoms with E-state index in [9.17, 15) is 4.89 Å².